The molecule has 0 radical (unpaired) electrons. The van der Waals surface area contributed by atoms with Crippen LogP contribution in [0.25, 0.3) is 21.7 Å². The standard InChI is InChI=1S/C24H14ClN3O3/c25-23-16(7-13-8-19-20(30-11-29-19)9-18(13)28-23)21-15-6-5-12-3-1-2-4-14(12)22(15)31-24(27)17(21)10-26/h1-9,21H,11,27H2/t21-/m1/s1. The minimum absolute atomic E-state index is 0.0678. The molecule has 0 saturated carbocycles. The van der Waals surface area contributed by atoms with Gasteiger partial charge in [0.15, 0.2) is 11.5 Å². The summed E-state index contributed by atoms with van der Waals surface area (Å²) in [6.45, 7) is 0.171. The summed E-state index contributed by atoms with van der Waals surface area (Å²) in [5, 5.41) is 12.9. The SMILES string of the molecule is N#CC1=C(N)Oc2c(ccc3ccccc23)[C@@H]1c1cc2cc3c(cc2nc1Cl)OCO3. The number of rotatable bonds is 1. The Morgan fingerprint density at radius 2 is 1.81 bits per heavy atom. The van der Waals surface area contributed by atoms with E-state index >= 15 is 0 Å². The highest BCUT2D eigenvalue weighted by Crippen LogP contribution is 2.47. The summed E-state index contributed by atoms with van der Waals surface area (Å²) >= 11 is 6.65. The third-order valence-electron chi connectivity index (χ3n) is 5.71. The Kier molecular flexibility index (Phi) is 3.76. The first-order valence-electron chi connectivity index (χ1n) is 9.63. The van der Waals surface area contributed by atoms with Crippen molar-refractivity contribution in [1.82, 2.24) is 4.98 Å². The van der Waals surface area contributed by atoms with Crippen LogP contribution < -0.4 is 19.9 Å². The molecule has 4 aromatic rings. The Hall–Kier alpha value is -3.95. The van der Waals surface area contributed by atoms with E-state index in [-0.39, 0.29) is 17.8 Å². The number of allylic oxidation sites excluding steroid dienone is 1. The molecular formula is C24H14ClN3O3. The topological polar surface area (TPSA) is 90.4 Å². The number of nitrogens with zero attached hydrogens (tertiary/aromatic N) is 2. The summed E-state index contributed by atoms with van der Waals surface area (Å²) in [5.41, 5.74) is 8.66. The van der Waals surface area contributed by atoms with Crippen molar-refractivity contribution in [3.05, 3.63) is 82.3 Å². The maximum Gasteiger partial charge on any atom is 0.231 e. The molecule has 2 N–H and O–H groups in total. The quantitative estimate of drug-likeness (QED) is 0.430. The summed E-state index contributed by atoms with van der Waals surface area (Å²) in [4.78, 5) is 4.57. The molecule has 3 heterocycles. The molecule has 0 amide bonds. The molecule has 6 rings (SSSR count). The van der Waals surface area contributed by atoms with Crippen molar-refractivity contribution in [3.8, 4) is 23.3 Å². The number of fused-ring (bicyclic) bond motifs is 5. The largest absolute Gasteiger partial charge is 0.454 e. The lowest BCUT2D eigenvalue weighted by Gasteiger charge is -2.28. The zero-order valence-corrected chi connectivity index (χ0v) is 16.8. The molecule has 3 aromatic carbocycles. The Morgan fingerprint density at radius 1 is 1.00 bits per heavy atom. The van der Waals surface area contributed by atoms with Crippen LogP contribution in [0.5, 0.6) is 17.2 Å². The van der Waals surface area contributed by atoms with Gasteiger partial charge in [-0.3, -0.25) is 0 Å². The lowest BCUT2D eigenvalue weighted by molar-refractivity contribution is 0.174. The molecule has 0 aliphatic carbocycles. The smallest absolute Gasteiger partial charge is 0.231 e. The van der Waals surface area contributed by atoms with Crippen molar-refractivity contribution in [2.24, 2.45) is 5.73 Å². The zero-order chi connectivity index (χ0) is 21.1. The molecule has 1 atom stereocenters. The van der Waals surface area contributed by atoms with Crippen LogP contribution in [0.1, 0.15) is 17.0 Å². The number of aromatic nitrogens is 1. The normalized spacial score (nSPS) is 16.8. The van der Waals surface area contributed by atoms with Gasteiger partial charge >= 0.3 is 0 Å². The Balaban J connectivity index is 1.62. The van der Waals surface area contributed by atoms with Crippen LogP contribution in [0.4, 0.5) is 0 Å². The first-order chi connectivity index (χ1) is 15.1. The molecule has 0 fully saturated rings. The second-order valence-corrected chi connectivity index (χ2v) is 7.75. The van der Waals surface area contributed by atoms with Gasteiger partial charge in [0.25, 0.3) is 0 Å². The highest BCUT2D eigenvalue weighted by Gasteiger charge is 2.33. The van der Waals surface area contributed by atoms with E-state index in [1.165, 1.54) is 0 Å². The molecule has 31 heavy (non-hydrogen) atoms. The summed E-state index contributed by atoms with van der Waals surface area (Å²) in [6.07, 6.45) is 0. The average Bonchev–Trinajstić information content (AvgIpc) is 3.23. The number of pyridine rings is 1. The molecule has 2 aliphatic heterocycles. The Morgan fingerprint density at radius 3 is 2.65 bits per heavy atom. The van der Waals surface area contributed by atoms with Crippen molar-refractivity contribution in [2.45, 2.75) is 5.92 Å². The van der Waals surface area contributed by atoms with Crippen LogP contribution in [0.2, 0.25) is 5.15 Å². The van der Waals surface area contributed by atoms with Crippen LogP contribution in [0.15, 0.2) is 66.1 Å². The molecule has 150 valence electrons. The highest BCUT2D eigenvalue weighted by atomic mass is 35.5. The van der Waals surface area contributed by atoms with Gasteiger partial charge in [0, 0.05) is 28.0 Å². The minimum Gasteiger partial charge on any atom is -0.454 e. The predicted molar refractivity (Wildman–Crippen MR) is 116 cm³/mol. The van der Waals surface area contributed by atoms with Crippen molar-refractivity contribution in [3.63, 3.8) is 0 Å². The van der Waals surface area contributed by atoms with E-state index in [0.717, 1.165) is 21.7 Å². The van der Waals surface area contributed by atoms with Crippen molar-refractivity contribution < 1.29 is 14.2 Å². The van der Waals surface area contributed by atoms with Crippen molar-refractivity contribution in [2.75, 3.05) is 6.79 Å². The molecule has 0 saturated heterocycles. The van der Waals surface area contributed by atoms with E-state index in [1.807, 2.05) is 48.5 Å². The lowest BCUT2D eigenvalue weighted by atomic mass is 9.82. The second-order valence-electron chi connectivity index (χ2n) is 7.40. The van der Waals surface area contributed by atoms with Crippen LogP contribution in [0, 0.1) is 11.3 Å². The van der Waals surface area contributed by atoms with Gasteiger partial charge in [0.2, 0.25) is 12.7 Å². The number of hydrogen-bond acceptors (Lipinski definition) is 6. The van der Waals surface area contributed by atoms with E-state index in [4.69, 9.17) is 31.5 Å². The third-order valence-corrected chi connectivity index (χ3v) is 6.01. The van der Waals surface area contributed by atoms with Crippen molar-refractivity contribution in [1.29, 1.82) is 5.26 Å². The Bertz CT molecular complexity index is 1490. The van der Waals surface area contributed by atoms with Crippen LogP contribution in [-0.4, -0.2) is 11.8 Å². The van der Waals surface area contributed by atoms with Gasteiger partial charge in [-0.25, -0.2) is 4.98 Å². The summed E-state index contributed by atoms with van der Waals surface area (Å²) in [6, 6.07) is 19.6. The van der Waals surface area contributed by atoms with E-state index in [1.54, 1.807) is 6.07 Å². The molecule has 1 aromatic heterocycles. The van der Waals surface area contributed by atoms with Gasteiger partial charge in [0.05, 0.1) is 11.4 Å². The van der Waals surface area contributed by atoms with Crippen molar-refractivity contribution >= 4 is 33.3 Å². The second kappa shape index (κ2) is 6.53. The molecule has 7 heteroatoms. The van der Waals surface area contributed by atoms with Gasteiger partial charge in [-0.05, 0) is 17.5 Å². The fourth-order valence-electron chi connectivity index (χ4n) is 4.27. The van der Waals surface area contributed by atoms with Gasteiger partial charge in [0.1, 0.15) is 22.5 Å². The van der Waals surface area contributed by atoms with Gasteiger partial charge in [-0.2, -0.15) is 5.26 Å². The molecule has 0 unspecified atom stereocenters. The monoisotopic (exact) mass is 427 g/mol. The van der Waals surface area contributed by atoms with E-state index in [0.29, 0.717) is 33.9 Å². The first kappa shape index (κ1) is 17.9. The Labute approximate surface area is 182 Å². The lowest BCUT2D eigenvalue weighted by Crippen LogP contribution is -2.21. The summed E-state index contributed by atoms with van der Waals surface area (Å²) < 4.78 is 16.9. The number of halogens is 1. The minimum atomic E-state index is -0.506. The van der Waals surface area contributed by atoms with Crippen LogP contribution in [0.3, 0.4) is 0 Å². The number of ether oxygens (including phenoxy) is 3. The van der Waals surface area contributed by atoms with Crippen LogP contribution in [-0.2, 0) is 0 Å². The number of hydrogen-bond donors (Lipinski definition) is 1. The third kappa shape index (κ3) is 2.61. The number of nitriles is 1. The molecule has 6 nitrogen and oxygen atoms in total. The van der Waals surface area contributed by atoms with Gasteiger partial charge < -0.3 is 19.9 Å². The maximum atomic E-state index is 9.90. The molecular weight excluding hydrogens is 414 g/mol. The highest BCUT2D eigenvalue weighted by molar-refractivity contribution is 6.30. The number of nitrogens with two attached hydrogens (primary N) is 1. The fourth-order valence-corrected chi connectivity index (χ4v) is 4.52. The average molecular weight is 428 g/mol. The zero-order valence-electron chi connectivity index (χ0n) is 16.1. The van der Waals surface area contributed by atoms with E-state index in [9.17, 15) is 5.26 Å². The van der Waals surface area contributed by atoms with Crippen LogP contribution >= 0.6 is 11.6 Å². The molecule has 0 spiro atoms. The van der Waals surface area contributed by atoms with E-state index < -0.39 is 5.92 Å². The molecule has 0 bridgehead atoms. The number of benzene rings is 3. The fraction of sp³-hybridized carbons (Fsp3) is 0.0833. The van der Waals surface area contributed by atoms with Gasteiger partial charge in [-0.15, -0.1) is 0 Å². The summed E-state index contributed by atoms with van der Waals surface area (Å²) in [7, 11) is 0. The molecule has 2 aliphatic rings. The summed E-state index contributed by atoms with van der Waals surface area (Å²) in [5.74, 6) is 1.47. The van der Waals surface area contributed by atoms with E-state index in [2.05, 4.69) is 11.1 Å². The maximum absolute atomic E-state index is 9.90. The first-order valence-corrected chi connectivity index (χ1v) is 10.0. The van der Waals surface area contributed by atoms with Gasteiger partial charge in [-0.1, -0.05) is 48.0 Å². The predicted octanol–water partition coefficient (Wildman–Crippen LogP) is 4.99.